The number of aryl methyl sites for hydroxylation is 1. The lowest BCUT2D eigenvalue weighted by Crippen LogP contribution is -2.43. The number of azo groups is 1. The van der Waals surface area contributed by atoms with Gasteiger partial charge in [0.25, 0.3) is 0 Å². The number of Topliss-reactive ketones (excluding diaryl/α,β-unsaturated/α-hetero) is 1. The number of nitrogens with zero attached hydrogens (tertiary/aromatic N) is 5. The highest BCUT2D eigenvalue weighted by atomic mass is 19.1. The van der Waals surface area contributed by atoms with Crippen LogP contribution < -0.4 is 21.3 Å². The number of pyridine rings is 1. The van der Waals surface area contributed by atoms with Crippen molar-refractivity contribution in [2.24, 2.45) is 38.7 Å². The minimum Gasteiger partial charge on any atom is -0.354 e. The Morgan fingerprint density at radius 1 is 1.04 bits per heavy atom. The lowest BCUT2D eigenvalue weighted by molar-refractivity contribution is -0.129. The molecular formula is C36H43FN8O2. The summed E-state index contributed by atoms with van der Waals surface area (Å²) in [7, 11) is 0. The van der Waals surface area contributed by atoms with Crippen LogP contribution in [0.3, 0.4) is 0 Å². The fourth-order valence-corrected chi connectivity index (χ4v) is 6.79. The van der Waals surface area contributed by atoms with Crippen LogP contribution in [-0.2, 0) is 16.0 Å². The molecule has 3 aromatic rings. The largest absolute Gasteiger partial charge is 0.354 e. The van der Waals surface area contributed by atoms with Crippen molar-refractivity contribution in [3.8, 4) is 11.1 Å². The third-order valence-electron chi connectivity index (χ3n) is 9.66. The summed E-state index contributed by atoms with van der Waals surface area (Å²) in [5, 5.41) is 13.9. The van der Waals surface area contributed by atoms with Gasteiger partial charge in [0.2, 0.25) is 5.91 Å². The normalized spacial score (nSPS) is 20.1. The Morgan fingerprint density at radius 2 is 1.81 bits per heavy atom. The maximum absolute atomic E-state index is 14.9. The van der Waals surface area contributed by atoms with Gasteiger partial charge in [-0.15, -0.1) is 5.11 Å². The minimum absolute atomic E-state index is 0.0619. The van der Waals surface area contributed by atoms with Crippen molar-refractivity contribution in [3.63, 3.8) is 0 Å². The van der Waals surface area contributed by atoms with Gasteiger partial charge in [0.15, 0.2) is 12.5 Å². The smallest absolute Gasteiger partial charge is 0.228 e. The highest BCUT2D eigenvalue weighted by Gasteiger charge is 2.30. The first-order chi connectivity index (χ1) is 22.9. The Balaban J connectivity index is 1.17. The van der Waals surface area contributed by atoms with Crippen molar-refractivity contribution in [2.45, 2.75) is 45.4 Å². The second kappa shape index (κ2) is 15.0. The summed E-state index contributed by atoms with van der Waals surface area (Å²) in [6, 6.07) is 14.7. The number of aliphatic imine (C=N–C) groups is 1. The van der Waals surface area contributed by atoms with E-state index in [1.54, 1.807) is 6.07 Å². The summed E-state index contributed by atoms with van der Waals surface area (Å²) in [5.74, 6) is 0.258. The highest BCUT2D eigenvalue weighted by molar-refractivity contribution is 6.01. The summed E-state index contributed by atoms with van der Waals surface area (Å²) in [4.78, 5) is 38.3. The molecule has 2 aromatic carbocycles. The molecule has 1 saturated heterocycles. The van der Waals surface area contributed by atoms with Crippen LogP contribution >= 0.6 is 0 Å². The van der Waals surface area contributed by atoms with Crippen molar-refractivity contribution in [1.82, 2.24) is 10.3 Å². The zero-order valence-electron chi connectivity index (χ0n) is 26.9. The third-order valence-corrected chi connectivity index (χ3v) is 9.66. The predicted molar refractivity (Wildman–Crippen MR) is 182 cm³/mol. The van der Waals surface area contributed by atoms with Gasteiger partial charge >= 0.3 is 0 Å². The monoisotopic (exact) mass is 638 g/mol. The van der Waals surface area contributed by atoms with E-state index in [2.05, 4.69) is 43.7 Å². The number of hydrogen-bond donors (Lipinski definition) is 3. The number of amides is 1. The molecule has 10 nitrogen and oxygen atoms in total. The topological polar surface area (TPSA) is 137 Å². The van der Waals surface area contributed by atoms with Gasteiger partial charge in [-0.25, -0.2) is 14.4 Å². The fourth-order valence-electron chi connectivity index (χ4n) is 6.79. The number of halogens is 1. The number of carbonyl (C=O) groups is 2. The SMILES string of the molecule is Cc1cc(N2CCNCC2)ncc1-c1ccc(C[C@H](CC(=O)C2CCC(CN)CC2)C(=O)Nc2ccc(C3=NCN=N3)c(F)c2)cc1. The Labute approximate surface area is 275 Å². The summed E-state index contributed by atoms with van der Waals surface area (Å²) >= 11 is 0. The van der Waals surface area contributed by atoms with E-state index >= 15 is 0 Å². The number of anilines is 2. The van der Waals surface area contributed by atoms with Gasteiger partial charge in [0, 0.05) is 61.9 Å². The van der Waals surface area contributed by atoms with Crippen LogP contribution in [-0.4, -0.2) is 61.9 Å². The van der Waals surface area contributed by atoms with E-state index in [0.717, 1.165) is 79.9 Å². The minimum atomic E-state index is -0.613. The summed E-state index contributed by atoms with van der Waals surface area (Å²) in [5.41, 5.74) is 10.6. The Bertz CT molecular complexity index is 1640. The fraction of sp³-hybridized carbons (Fsp3) is 0.444. The molecule has 0 bridgehead atoms. The van der Waals surface area contributed by atoms with Crippen LogP contribution in [0.4, 0.5) is 15.9 Å². The molecular weight excluding hydrogens is 595 g/mol. The molecule has 246 valence electrons. The molecule has 3 aliphatic rings. The average Bonchev–Trinajstić information content (AvgIpc) is 3.64. The molecule has 11 heteroatoms. The van der Waals surface area contributed by atoms with Crippen LogP contribution in [0.1, 0.15) is 48.8 Å². The van der Waals surface area contributed by atoms with E-state index in [4.69, 9.17) is 10.7 Å². The van der Waals surface area contributed by atoms with Crippen molar-refractivity contribution >= 4 is 29.0 Å². The molecule has 1 atom stereocenters. The zero-order valence-corrected chi connectivity index (χ0v) is 26.9. The van der Waals surface area contributed by atoms with Gasteiger partial charge < -0.3 is 21.3 Å². The van der Waals surface area contributed by atoms with Crippen molar-refractivity contribution in [1.29, 1.82) is 0 Å². The number of piperazine rings is 1. The second-order valence-electron chi connectivity index (χ2n) is 12.9. The summed E-state index contributed by atoms with van der Waals surface area (Å²) in [6.07, 6.45) is 5.92. The lowest BCUT2D eigenvalue weighted by atomic mass is 9.77. The first-order valence-corrected chi connectivity index (χ1v) is 16.6. The number of nitrogens with two attached hydrogens (primary N) is 1. The van der Waals surface area contributed by atoms with E-state index in [1.165, 1.54) is 12.1 Å². The summed E-state index contributed by atoms with van der Waals surface area (Å²) in [6.45, 7) is 6.71. The Hall–Kier alpha value is -4.35. The molecule has 2 fully saturated rings. The van der Waals surface area contributed by atoms with E-state index in [9.17, 15) is 14.0 Å². The van der Waals surface area contributed by atoms with Crippen molar-refractivity contribution in [3.05, 3.63) is 77.2 Å². The van der Waals surface area contributed by atoms with E-state index in [-0.39, 0.29) is 42.1 Å². The quantitative estimate of drug-likeness (QED) is 0.261. The van der Waals surface area contributed by atoms with E-state index in [1.807, 2.05) is 30.5 Å². The Kier molecular flexibility index (Phi) is 10.4. The van der Waals surface area contributed by atoms with Crippen molar-refractivity contribution < 1.29 is 14.0 Å². The zero-order chi connectivity index (χ0) is 32.8. The van der Waals surface area contributed by atoms with Gasteiger partial charge in [-0.2, -0.15) is 5.11 Å². The molecule has 1 amide bonds. The number of rotatable bonds is 11. The molecule has 0 spiro atoms. The van der Waals surface area contributed by atoms with Gasteiger partial charge in [-0.05, 0) is 92.4 Å². The maximum atomic E-state index is 14.9. The molecule has 4 N–H and O–H groups in total. The predicted octanol–water partition coefficient (Wildman–Crippen LogP) is 5.30. The van der Waals surface area contributed by atoms with Gasteiger partial charge in [-0.3, -0.25) is 9.59 Å². The molecule has 3 heterocycles. The van der Waals surface area contributed by atoms with Gasteiger partial charge in [0.1, 0.15) is 17.4 Å². The van der Waals surface area contributed by atoms with Crippen molar-refractivity contribution in [2.75, 3.05) is 49.6 Å². The molecule has 0 unspecified atom stereocenters. The number of amidine groups is 1. The molecule has 2 aliphatic heterocycles. The first kappa shape index (κ1) is 32.6. The van der Waals surface area contributed by atoms with Crippen LogP contribution in [0.2, 0.25) is 0 Å². The maximum Gasteiger partial charge on any atom is 0.228 e. The number of aromatic nitrogens is 1. The molecule has 1 saturated carbocycles. The van der Waals surface area contributed by atoms with Crippen LogP contribution in [0, 0.1) is 30.5 Å². The van der Waals surface area contributed by atoms with Crippen LogP contribution in [0.25, 0.3) is 11.1 Å². The lowest BCUT2D eigenvalue weighted by Gasteiger charge is -2.28. The van der Waals surface area contributed by atoms with E-state index < -0.39 is 11.7 Å². The van der Waals surface area contributed by atoms with Crippen LogP contribution in [0.5, 0.6) is 0 Å². The number of hydrogen-bond acceptors (Lipinski definition) is 9. The number of ketones is 1. The van der Waals surface area contributed by atoms with E-state index in [0.29, 0.717) is 24.6 Å². The third kappa shape index (κ3) is 7.97. The first-order valence-electron chi connectivity index (χ1n) is 16.6. The molecule has 1 aliphatic carbocycles. The van der Waals surface area contributed by atoms with Gasteiger partial charge in [0.05, 0.1) is 5.56 Å². The second-order valence-corrected chi connectivity index (χ2v) is 12.9. The van der Waals surface area contributed by atoms with Gasteiger partial charge in [-0.1, -0.05) is 24.3 Å². The molecule has 1 aromatic heterocycles. The number of carbonyl (C=O) groups excluding carboxylic acids is 2. The Morgan fingerprint density at radius 3 is 2.47 bits per heavy atom. The number of nitrogens with one attached hydrogen (secondary N) is 2. The molecule has 0 radical (unpaired) electrons. The number of benzene rings is 2. The molecule has 6 rings (SSSR count). The standard InChI is InChI=1S/C36H43FN8O2/c1-23-16-34(45-14-12-39-13-15-45)40-21-31(23)26-6-2-24(3-7-26)17-28(18-33(46)27-8-4-25(20-38)5-9-27)36(47)43-29-10-11-30(32(37)19-29)35-41-22-42-44-35/h2-3,6-7,10-11,16,19,21,25,27-28,39H,4-5,8-9,12-15,17-18,20,22,38H2,1H3,(H,43,47)/t25?,27?,28-/m1/s1. The summed E-state index contributed by atoms with van der Waals surface area (Å²) < 4.78 is 14.9. The van der Waals surface area contributed by atoms with Crippen LogP contribution in [0.15, 0.2) is 69.9 Å². The average molecular weight is 639 g/mol. The highest BCUT2D eigenvalue weighted by Crippen LogP contribution is 2.32. The molecule has 47 heavy (non-hydrogen) atoms.